The van der Waals surface area contributed by atoms with E-state index in [-0.39, 0.29) is 17.5 Å². The number of amides is 1. The maximum Gasteiger partial charge on any atom is 0.251 e. The highest BCUT2D eigenvalue weighted by Gasteiger charge is 2.14. The highest BCUT2D eigenvalue weighted by atomic mass is 35.5. The summed E-state index contributed by atoms with van der Waals surface area (Å²) in [5.74, 6) is 0.344. The van der Waals surface area contributed by atoms with Crippen molar-refractivity contribution in [2.75, 3.05) is 7.05 Å². The maximum atomic E-state index is 13.6. The zero-order valence-electron chi connectivity index (χ0n) is 18.0. The van der Waals surface area contributed by atoms with E-state index in [1.165, 1.54) is 12.1 Å². The monoisotopic (exact) mass is 451 g/mol. The van der Waals surface area contributed by atoms with Crippen molar-refractivity contribution >= 4 is 29.3 Å². The Labute approximate surface area is 191 Å². The van der Waals surface area contributed by atoms with Gasteiger partial charge in [-0.2, -0.15) is 0 Å². The van der Waals surface area contributed by atoms with Gasteiger partial charge in [0, 0.05) is 48.8 Å². The first kappa shape index (κ1) is 23.2. The molecule has 0 saturated carbocycles. The van der Waals surface area contributed by atoms with Crippen molar-refractivity contribution in [1.82, 2.24) is 10.3 Å². The summed E-state index contributed by atoms with van der Waals surface area (Å²) in [6, 6.07) is 13.3. The average molecular weight is 452 g/mol. The van der Waals surface area contributed by atoms with Crippen LogP contribution in [0.25, 0.3) is 5.57 Å². The molecule has 3 rings (SSSR count). The molecule has 5 nitrogen and oxygen atoms in total. The number of halogens is 2. The van der Waals surface area contributed by atoms with Crippen LogP contribution in [0.4, 0.5) is 4.39 Å². The molecule has 0 unspecified atom stereocenters. The zero-order valence-corrected chi connectivity index (χ0v) is 18.8. The van der Waals surface area contributed by atoms with Crippen molar-refractivity contribution in [3.05, 3.63) is 94.0 Å². The van der Waals surface area contributed by atoms with E-state index in [4.69, 9.17) is 16.3 Å². The minimum Gasteiger partial charge on any atom is -0.457 e. The first-order valence-electron chi connectivity index (χ1n) is 9.97. The van der Waals surface area contributed by atoms with Gasteiger partial charge in [-0.15, -0.1) is 0 Å². The van der Waals surface area contributed by atoms with Crippen molar-refractivity contribution in [3.63, 3.8) is 0 Å². The second-order valence-corrected chi connectivity index (χ2v) is 7.38. The Morgan fingerprint density at radius 3 is 2.78 bits per heavy atom. The smallest absolute Gasteiger partial charge is 0.251 e. The molecule has 1 aromatic heterocycles. The summed E-state index contributed by atoms with van der Waals surface area (Å²) in [4.78, 5) is 21.1. The Morgan fingerprint density at radius 2 is 2.06 bits per heavy atom. The fourth-order valence-electron chi connectivity index (χ4n) is 3.09. The standard InChI is InChI=1S/C25H23ClFN3O2/c1-4-18(15-28-3)23-13-19(10-11-29-23)32-24-7-5-6-20(16(24)2)25(31)30-14-17-8-9-21(26)22(27)12-17/h4-13,15H,14H2,1-3H3,(H,30,31)/b18-4+,28-15?. The van der Waals surface area contributed by atoms with Crippen molar-refractivity contribution in [2.45, 2.75) is 20.4 Å². The maximum absolute atomic E-state index is 13.6. The number of allylic oxidation sites excluding steroid dienone is 2. The third-order valence-corrected chi connectivity index (χ3v) is 5.11. The SMILES string of the molecule is C/C=C(\C=NC)c1cc(Oc2cccc(C(=O)NCc3ccc(Cl)c(F)c3)c2C)ccn1. The summed E-state index contributed by atoms with van der Waals surface area (Å²) in [5, 5.41) is 2.85. The first-order valence-corrected chi connectivity index (χ1v) is 10.3. The van der Waals surface area contributed by atoms with Crippen LogP contribution in [0.5, 0.6) is 11.5 Å². The van der Waals surface area contributed by atoms with E-state index >= 15 is 0 Å². The number of carbonyl (C=O) groups is 1. The molecule has 3 aromatic rings. The van der Waals surface area contributed by atoms with Crippen molar-refractivity contribution < 1.29 is 13.9 Å². The summed E-state index contributed by atoms with van der Waals surface area (Å²) in [6.45, 7) is 3.91. The van der Waals surface area contributed by atoms with Gasteiger partial charge in [-0.3, -0.25) is 14.8 Å². The molecule has 0 aliphatic carbocycles. The number of ether oxygens (including phenoxy) is 1. The average Bonchev–Trinajstić information content (AvgIpc) is 2.79. The molecule has 0 spiro atoms. The van der Waals surface area contributed by atoms with Gasteiger partial charge < -0.3 is 10.1 Å². The van der Waals surface area contributed by atoms with Gasteiger partial charge in [0.2, 0.25) is 0 Å². The van der Waals surface area contributed by atoms with Crippen LogP contribution in [0.3, 0.4) is 0 Å². The highest BCUT2D eigenvalue weighted by Crippen LogP contribution is 2.28. The van der Waals surface area contributed by atoms with Crippen LogP contribution in [-0.4, -0.2) is 24.2 Å². The Hall–Kier alpha value is -3.51. The number of aliphatic imine (C=N–C) groups is 1. The van der Waals surface area contributed by atoms with Gasteiger partial charge in [-0.25, -0.2) is 4.39 Å². The van der Waals surface area contributed by atoms with Crippen LogP contribution in [0.1, 0.15) is 34.1 Å². The molecule has 7 heteroatoms. The second kappa shape index (κ2) is 10.7. The van der Waals surface area contributed by atoms with E-state index < -0.39 is 5.82 Å². The van der Waals surface area contributed by atoms with E-state index in [9.17, 15) is 9.18 Å². The number of hydrogen-bond donors (Lipinski definition) is 1. The highest BCUT2D eigenvalue weighted by molar-refractivity contribution is 6.30. The van der Waals surface area contributed by atoms with E-state index in [0.29, 0.717) is 28.2 Å². The summed E-state index contributed by atoms with van der Waals surface area (Å²) >= 11 is 5.71. The Morgan fingerprint density at radius 1 is 1.25 bits per heavy atom. The van der Waals surface area contributed by atoms with Crippen LogP contribution in [-0.2, 0) is 6.54 Å². The molecule has 0 saturated heterocycles. The first-order chi connectivity index (χ1) is 15.4. The molecule has 0 atom stereocenters. The molecule has 1 N–H and O–H groups in total. The Bertz CT molecular complexity index is 1190. The van der Waals surface area contributed by atoms with Gasteiger partial charge in [-0.1, -0.05) is 29.8 Å². The minimum atomic E-state index is -0.520. The van der Waals surface area contributed by atoms with Crippen LogP contribution in [0.15, 0.2) is 65.8 Å². The lowest BCUT2D eigenvalue weighted by Crippen LogP contribution is -2.23. The number of nitrogens with zero attached hydrogens (tertiary/aromatic N) is 2. The molecule has 164 valence electrons. The lowest BCUT2D eigenvalue weighted by molar-refractivity contribution is 0.0950. The fraction of sp³-hybridized carbons (Fsp3) is 0.160. The van der Waals surface area contributed by atoms with E-state index in [2.05, 4.69) is 15.3 Å². The molecule has 0 fully saturated rings. The summed E-state index contributed by atoms with van der Waals surface area (Å²) in [5.41, 5.74) is 3.38. The molecule has 32 heavy (non-hydrogen) atoms. The van der Waals surface area contributed by atoms with Gasteiger partial charge in [0.25, 0.3) is 5.91 Å². The van der Waals surface area contributed by atoms with Crippen LogP contribution in [0.2, 0.25) is 5.02 Å². The summed E-state index contributed by atoms with van der Waals surface area (Å²) in [6.07, 6.45) is 5.31. The predicted octanol–water partition coefficient (Wildman–Crippen LogP) is 6.01. The van der Waals surface area contributed by atoms with Gasteiger partial charge in [0.15, 0.2) is 0 Å². The fourth-order valence-corrected chi connectivity index (χ4v) is 3.20. The molecule has 0 radical (unpaired) electrons. The Balaban J connectivity index is 1.76. The number of pyridine rings is 1. The topological polar surface area (TPSA) is 63.6 Å². The normalized spacial score (nSPS) is 11.6. The molecule has 0 bridgehead atoms. The molecule has 1 heterocycles. The summed E-state index contributed by atoms with van der Waals surface area (Å²) < 4.78 is 19.7. The number of aromatic nitrogens is 1. The number of benzene rings is 2. The van der Waals surface area contributed by atoms with E-state index in [1.54, 1.807) is 49.8 Å². The van der Waals surface area contributed by atoms with Gasteiger partial charge in [-0.05, 0) is 49.7 Å². The molecule has 0 aliphatic heterocycles. The number of nitrogens with one attached hydrogen (secondary N) is 1. The predicted molar refractivity (Wildman–Crippen MR) is 126 cm³/mol. The largest absolute Gasteiger partial charge is 0.457 e. The number of hydrogen-bond acceptors (Lipinski definition) is 4. The molecule has 1 amide bonds. The van der Waals surface area contributed by atoms with Gasteiger partial charge in [0.05, 0.1) is 10.7 Å². The van der Waals surface area contributed by atoms with Crippen LogP contribution in [0, 0.1) is 12.7 Å². The molecule has 0 aliphatic rings. The zero-order chi connectivity index (χ0) is 23.1. The minimum absolute atomic E-state index is 0.0450. The van der Waals surface area contributed by atoms with E-state index in [0.717, 1.165) is 11.3 Å². The lowest BCUT2D eigenvalue weighted by atomic mass is 10.1. The molecular formula is C25H23ClFN3O2. The van der Waals surface area contributed by atoms with Gasteiger partial charge >= 0.3 is 0 Å². The molecular weight excluding hydrogens is 429 g/mol. The van der Waals surface area contributed by atoms with Crippen LogP contribution < -0.4 is 10.1 Å². The van der Waals surface area contributed by atoms with Crippen molar-refractivity contribution in [1.29, 1.82) is 0 Å². The lowest BCUT2D eigenvalue weighted by Gasteiger charge is -2.13. The second-order valence-electron chi connectivity index (χ2n) is 6.97. The van der Waals surface area contributed by atoms with Crippen LogP contribution >= 0.6 is 11.6 Å². The third-order valence-electron chi connectivity index (χ3n) is 4.80. The quantitative estimate of drug-likeness (QED) is 0.447. The molecule has 2 aromatic carbocycles. The van der Waals surface area contributed by atoms with E-state index in [1.807, 2.05) is 26.0 Å². The number of carbonyl (C=O) groups excluding carboxylic acids is 1. The van der Waals surface area contributed by atoms with Crippen molar-refractivity contribution in [2.24, 2.45) is 4.99 Å². The Kier molecular flexibility index (Phi) is 7.73. The third kappa shape index (κ3) is 5.59. The number of rotatable bonds is 7. The summed E-state index contributed by atoms with van der Waals surface area (Å²) in [7, 11) is 1.70. The van der Waals surface area contributed by atoms with Crippen molar-refractivity contribution in [3.8, 4) is 11.5 Å². The van der Waals surface area contributed by atoms with Gasteiger partial charge in [0.1, 0.15) is 17.3 Å².